The third-order valence-electron chi connectivity index (χ3n) is 5.14. The second-order valence-corrected chi connectivity index (χ2v) is 8.40. The number of furan rings is 1. The summed E-state index contributed by atoms with van der Waals surface area (Å²) in [6.45, 7) is 0.893. The third-order valence-corrected chi connectivity index (χ3v) is 5.67. The van der Waals surface area contributed by atoms with E-state index in [0.717, 1.165) is 28.6 Å². The molecule has 1 fully saturated rings. The summed E-state index contributed by atoms with van der Waals surface area (Å²) in [6, 6.07) is 20.9. The molecule has 0 atom stereocenters. The first-order valence-corrected chi connectivity index (χ1v) is 10.8. The predicted molar refractivity (Wildman–Crippen MR) is 118 cm³/mol. The van der Waals surface area contributed by atoms with Crippen molar-refractivity contribution in [2.75, 3.05) is 6.54 Å². The zero-order valence-electron chi connectivity index (χ0n) is 16.5. The molecule has 1 saturated carbocycles. The second kappa shape index (κ2) is 9.30. The van der Waals surface area contributed by atoms with E-state index >= 15 is 0 Å². The topological polar surface area (TPSA) is 53.8 Å². The van der Waals surface area contributed by atoms with Gasteiger partial charge in [0.2, 0.25) is 5.91 Å². The molecule has 0 spiro atoms. The maximum Gasteiger partial charge on any atom is 0.254 e. The molecule has 0 N–H and O–H groups in total. The van der Waals surface area contributed by atoms with E-state index in [2.05, 4.69) is 15.9 Å². The first kappa shape index (κ1) is 20.4. The van der Waals surface area contributed by atoms with Crippen LogP contribution in [0.3, 0.4) is 0 Å². The van der Waals surface area contributed by atoms with Crippen LogP contribution in [0.1, 0.15) is 34.5 Å². The molecule has 3 aromatic rings. The molecule has 2 aromatic carbocycles. The number of benzene rings is 2. The number of nitrogens with zero attached hydrogens (tertiary/aromatic N) is 2. The van der Waals surface area contributed by atoms with Gasteiger partial charge in [0.05, 0.1) is 12.8 Å². The first-order valence-electron chi connectivity index (χ1n) is 10.0. The van der Waals surface area contributed by atoms with Crippen LogP contribution in [0.2, 0.25) is 0 Å². The van der Waals surface area contributed by atoms with E-state index < -0.39 is 0 Å². The molecule has 1 aromatic heterocycles. The molecule has 4 rings (SSSR count). The molecule has 1 aliphatic rings. The Morgan fingerprint density at radius 1 is 0.933 bits per heavy atom. The Morgan fingerprint density at radius 3 is 2.30 bits per heavy atom. The fraction of sp³-hybridized carbons (Fsp3) is 0.250. The van der Waals surface area contributed by atoms with Crippen LogP contribution in [0.4, 0.5) is 0 Å². The van der Waals surface area contributed by atoms with E-state index in [1.54, 1.807) is 28.2 Å². The molecule has 5 nitrogen and oxygen atoms in total. The summed E-state index contributed by atoms with van der Waals surface area (Å²) in [4.78, 5) is 29.8. The molecule has 0 saturated heterocycles. The van der Waals surface area contributed by atoms with Crippen molar-refractivity contribution < 1.29 is 14.0 Å². The van der Waals surface area contributed by atoms with Crippen molar-refractivity contribution in [2.24, 2.45) is 0 Å². The van der Waals surface area contributed by atoms with Gasteiger partial charge in [-0.1, -0.05) is 46.3 Å². The summed E-state index contributed by atoms with van der Waals surface area (Å²) in [5.41, 5.74) is 1.63. The number of halogens is 1. The fourth-order valence-electron chi connectivity index (χ4n) is 3.38. The highest BCUT2D eigenvalue weighted by atomic mass is 79.9. The van der Waals surface area contributed by atoms with Crippen molar-refractivity contribution in [3.8, 4) is 0 Å². The van der Waals surface area contributed by atoms with E-state index in [-0.39, 0.29) is 24.4 Å². The van der Waals surface area contributed by atoms with Gasteiger partial charge < -0.3 is 14.2 Å². The van der Waals surface area contributed by atoms with Gasteiger partial charge >= 0.3 is 0 Å². The lowest BCUT2D eigenvalue weighted by molar-refractivity contribution is -0.133. The Hall–Kier alpha value is -2.86. The van der Waals surface area contributed by atoms with Crippen LogP contribution in [0.25, 0.3) is 0 Å². The highest BCUT2D eigenvalue weighted by molar-refractivity contribution is 9.10. The van der Waals surface area contributed by atoms with Crippen molar-refractivity contribution >= 4 is 27.7 Å². The summed E-state index contributed by atoms with van der Waals surface area (Å²) < 4.78 is 6.38. The van der Waals surface area contributed by atoms with Crippen LogP contribution in [0, 0.1) is 0 Å². The van der Waals surface area contributed by atoms with E-state index in [9.17, 15) is 9.59 Å². The highest BCUT2D eigenvalue weighted by Gasteiger charge is 2.35. The summed E-state index contributed by atoms with van der Waals surface area (Å²) in [5.74, 6) is 0.528. The normalized spacial score (nSPS) is 13.1. The quantitative estimate of drug-likeness (QED) is 0.475. The van der Waals surface area contributed by atoms with Crippen molar-refractivity contribution in [3.63, 3.8) is 0 Å². The number of rotatable bonds is 8. The van der Waals surface area contributed by atoms with Gasteiger partial charge in [-0.3, -0.25) is 9.59 Å². The van der Waals surface area contributed by atoms with E-state index in [4.69, 9.17) is 4.42 Å². The fourth-order valence-corrected chi connectivity index (χ4v) is 3.65. The number of hydrogen-bond donors (Lipinski definition) is 0. The van der Waals surface area contributed by atoms with Gasteiger partial charge in [-0.15, -0.1) is 0 Å². The van der Waals surface area contributed by atoms with Crippen LogP contribution >= 0.6 is 15.9 Å². The van der Waals surface area contributed by atoms with Gasteiger partial charge in [-0.05, 0) is 54.8 Å². The zero-order chi connectivity index (χ0) is 20.9. The maximum absolute atomic E-state index is 13.3. The molecular weight excluding hydrogens is 444 g/mol. The monoisotopic (exact) mass is 466 g/mol. The number of hydrogen-bond acceptors (Lipinski definition) is 3. The number of amides is 2. The molecule has 30 heavy (non-hydrogen) atoms. The van der Waals surface area contributed by atoms with Crippen molar-refractivity contribution in [2.45, 2.75) is 32.0 Å². The Bertz CT molecular complexity index is 983. The summed E-state index contributed by atoms with van der Waals surface area (Å²) >= 11 is 3.40. The molecule has 6 heteroatoms. The van der Waals surface area contributed by atoms with Gasteiger partial charge in [-0.25, -0.2) is 0 Å². The second-order valence-electron chi connectivity index (χ2n) is 7.49. The van der Waals surface area contributed by atoms with Crippen LogP contribution in [-0.2, 0) is 17.9 Å². The summed E-state index contributed by atoms with van der Waals surface area (Å²) in [7, 11) is 0. The molecule has 1 aliphatic carbocycles. The molecule has 154 valence electrons. The Morgan fingerprint density at radius 2 is 1.67 bits per heavy atom. The predicted octanol–water partition coefficient (Wildman–Crippen LogP) is 4.88. The highest BCUT2D eigenvalue weighted by Crippen LogP contribution is 2.29. The lowest BCUT2D eigenvalue weighted by Crippen LogP contribution is -2.43. The van der Waals surface area contributed by atoms with Gasteiger partial charge in [0.1, 0.15) is 12.3 Å². The van der Waals surface area contributed by atoms with Gasteiger partial charge in [-0.2, -0.15) is 0 Å². The van der Waals surface area contributed by atoms with Crippen molar-refractivity contribution in [3.05, 3.63) is 94.4 Å². The van der Waals surface area contributed by atoms with E-state index in [1.165, 1.54) is 0 Å². The van der Waals surface area contributed by atoms with Gasteiger partial charge in [0, 0.05) is 22.6 Å². The molecular formula is C24H23BrN2O3. The smallest absolute Gasteiger partial charge is 0.254 e. The molecule has 0 aliphatic heterocycles. The van der Waals surface area contributed by atoms with Crippen molar-refractivity contribution in [1.82, 2.24) is 9.80 Å². The van der Waals surface area contributed by atoms with E-state index in [1.807, 2.05) is 54.6 Å². The third kappa shape index (κ3) is 5.19. The average Bonchev–Trinajstić information content (AvgIpc) is 3.48. The van der Waals surface area contributed by atoms with Crippen LogP contribution in [-0.4, -0.2) is 34.2 Å². The Balaban J connectivity index is 1.51. The van der Waals surface area contributed by atoms with Crippen LogP contribution < -0.4 is 0 Å². The molecule has 1 heterocycles. The van der Waals surface area contributed by atoms with Crippen LogP contribution in [0.5, 0.6) is 0 Å². The van der Waals surface area contributed by atoms with E-state index in [0.29, 0.717) is 18.7 Å². The number of carbonyl (C=O) groups excluding carboxylic acids is 2. The molecule has 0 bridgehead atoms. The number of carbonyl (C=O) groups is 2. The minimum atomic E-state index is -0.101. The molecule has 2 amide bonds. The minimum Gasteiger partial charge on any atom is -0.467 e. The van der Waals surface area contributed by atoms with Crippen LogP contribution in [0.15, 0.2) is 81.9 Å². The first-order chi connectivity index (χ1) is 14.6. The lowest BCUT2D eigenvalue weighted by Gasteiger charge is -2.27. The zero-order valence-corrected chi connectivity index (χ0v) is 18.1. The average molecular weight is 467 g/mol. The minimum absolute atomic E-state index is 0.0626. The summed E-state index contributed by atoms with van der Waals surface area (Å²) in [5, 5.41) is 0. The summed E-state index contributed by atoms with van der Waals surface area (Å²) in [6.07, 6.45) is 3.48. The lowest BCUT2D eigenvalue weighted by atomic mass is 10.2. The largest absolute Gasteiger partial charge is 0.467 e. The SMILES string of the molecule is O=C(CN(C(=O)c1ccc(Br)cc1)C1CC1)N(Cc1ccccc1)Cc1ccco1. The Labute approximate surface area is 184 Å². The molecule has 0 radical (unpaired) electrons. The Kier molecular flexibility index (Phi) is 6.33. The standard InChI is InChI=1S/C24H23BrN2O3/c25-20-10-8-19(9-11-20)24(29)27(21-12-13-21)17-23(28)26(16-22-7-4-14-30-22)15-18-5-2-1-3-6-18/h1-11,14,21H,12-13,15-17H2. The van der Waals surface area contributed by atoms with Gasteiger partial charge in [0.15, 0.2) is 0 Å². The maximum atomic E-state index is 13.3. The molecule has 0 unspecified atom stereocenters. The van der Waals surface area contributed by atoms with Crippen molar-refractivity contribution in [1.29, 1.82) is 0 Å². The van der Waals surface area contributed by atoms with Gasteiger partial charge in [0.25, 0.3) is 5.91 Å².